The second kappa shape index (κ2) is 4.54. The van der Waals surface area contributed by atoms with Crippen LogP contribution in [0.15, 0.2) is 35.5 Å². The third-order valence-corrected chi connectivity index (χ3v) is 1.32. The van der Waals surface area contributed by atoms with Crippen molar-refractivity contribution < 1.29 is 4.84 Å². The Morgan fingerprint density at radius 3 is 2.50 bits per heavy atom. The fourth-order valence-electron chi connectivity index (χ4n) is 0.810. The standard InChI is InChI=1S/C10H13NO/c1-9(2)11-12-8-10-6-4-3-5-7-10/h3-7H,8H2,1-2H3/i9+2. The van der Waals surface area contributed by atoms with Gasteiger partial charge in [0.25, 0.3) is 0 Å². The Bertz CT molecular complexity index is 250. The number of hydrogen-bond donors (Lipinski definition) is 0. The quantitative estimate of drug-likeness (QED) is 0.498. The molecule has 0 fully saturated rings. The molecule has 0 N–H and O–H groups in total. The van der Waals surface area contributed by atoms with Gasteiger partial charge in [0.05, 0.1) is 5.71 Å². The Hall–Kier alpha value is -1.31. The van der Waals surface area contributed by atoms with Crippen molar-refractivity contribution in [1.29, 1.82) is 0 Å². The molecule has 0 radical (unpaired) electrons. The van der Waals surface area contributed by atoms with Crippen LogP contribution in [-0.4, -0.2) is 5.71 Å². The maximum absolute atomic E-state index is 5.07. The molecule has 0 aliphatic heterocycles. The van der Waals surface area contributed by atoms with Crippen molar-refractivity contribution >= 4 is 5.71 Å². The minimum Gasteiger partial charge on any atom is -0.391 e. The zero-order valence-electron chi connectivity index (χ0n) is 7.45. The maximum atomic E-state index is 5.07. The average molecular weight is 165 g/mol. The van der Waals surface area contributed by atoms with Crippen LogP contribution >= 0.6 is 0 Å². The summed E-state index contributed by atoms with van der Waals surface area (Å²) in [6.07, 6.45) is 0. The molecule has 0 aliphatic rings. The van der Waals surface area contributed by atoms with Gasteiger partial charge in [-0.05, 0) is 19.4 Å². The highest BCUT2D eigenvalue weighted by molar-refractivity contribution is 5.78. The van der Waals surface area contributed by atoms with E-state index in [1.807, 2.05) is 44.2 Å². The van der Waals surface area contributed by atoms with Crippen LogP contribution in [0.2, 0.25) is 0 Å². The average Bonchev–Trinajstić information content (AvgIpc) is 2.05. The summed E-state index contributed by atoms with van der Waals surface area (Å²) in [6, 6.07) is 9.99. The van der Waals surface area contributed by atoms with Crippen molar-refractivity contribution in [2.45, 2.75) is 20.5 Å². The minimum absolute atomic E-state index is 0.548. The highest BCUT2D eigenvalue weighted by Crippen LogP contribution is 2.00. The third kappa shape index (κ3) is 3.19. The van der Waals surface area contributed by atoms with Gasteiger partial charge >= 0.3 is 0 Å². The van der Waals surface area contributed by atoms with E-state index in [2.05, 4.69) is 5.16 Å². The second-order valence-corrected chi connectivity index (χ2v) is 2.80. The van der Waals surface area contributed by atoms with Crippen LogP contribution in [0.25, 0.3) is 0 Å². The number of oxime groups is 1. The first kappa shape index (κ1) is 8.78. The molecule has 0 saturated heterocycles. The van der Waals surface area contributed by atoms with Crippen molar-refractivity contribution in [2.75, 3.05) is 0 Å². The number of nitrogens with zero attached hydrogens (tertiary/aromatic N) is 1. The minimum atomic E-state index is 0.548. The summed E-state index contributed by atoms with van der Waals surface area (Å²) >= 11 is 0. The number of benzene rings is 1. The molecule has 64 valence electrons. The molecule has 2 nitrogen and oxygen atoms in total. The van der Waals surface area contributed by atoms with E-state index in [9.17, 15) is 0 Å². The Labute approximate surface area is 72.9 Å². The molecular formula is C10H13NO. The molecule has 2 heteroatoms. The molecule has 0 bridgehead atoms. The van der Waals surface area contributed by atoms with Gasteiger partial charge in [-0.15, -0.1) is 0 Å². The molecule has 0 amide bonds. The van der Waals surface area contributed by atoms with Crippen LogP contribution in [0.5, 0.6) is 0 Å². The van der Waals surface area contributed by atoms with Crippen LogP contribution in [0.3, 0.4) is 0 Å². The summed E-state index contributed by atoms with van der Waals surface area (Å²) in [5.41, 5.74) is 2.08. The topological polar surface area (TPSA) is 21.6 Å². The summed E-state index contributed by atoms with van der Waals surface area (Å²) < 4.78 is 0. The highest BCUT2D eigenvalue weighted by Gasteiger charge is 1.88. The smallest absolute Gasteiger partial charge is 0.142 e. The van der Waals surface area contributed by atoms with Gasteiger partial charge in [0.1, 0.15) is 6.61 Å². The fraction of sp³-hybridized carbons (Fsp3) is 0.300. The van der Waals surface area contributed by atoms with Crippen molar-refractivity contribution in [3.63, 3.8) is 0 Å². The predicted molar refractivity (Wildman–Crippen MR) is 50.0 cm³/mol. The van der Waals surface area contributed by atoms with E-state index in [1.165, 1.54) is 0 Å². The lowest BCUT2D eigenvalue weighted by atomic mass is 10.2. The molecule has 1 aromatic rings. The van der Waals surface area contributed by atoms with Crippen LogP contribution < -0.4 is 0 Å². The van der Waals surface area contributed by atoms with Gasteiger partial charge in [-0.3, -0.25) is 0 Å². The monoisotopic (exact) mass is 165 g/mol. The summed E-state index contributed by atoms with van der Waals surface area (Å²) in [4.78, 5) is 5.07. The van der Waals surface area contributed by atoms with E-state index in [1.54, 1.807) is 0 Å². The molecular weight excluding hydrogens is 152 g/mol. The van der Waals surface area contributed by atoms with Gasteiger partial charge in [-0.2, -0.15) is 0 Å². The number of hydrogen-bond acceptors (Lipinski definition) is 2. The third-order valence-electron chi connectivity index (χ3n) is 1.32. The van der Waals surface area contributed by atoms with Gasteiger partial charge in [0, 0.05) is 0 Å². The Kier molecular flexibility index (Phi) is 3.33. The lowest BCUT2D eigenvalue weighted by molar-refractivity contribution is 0.130. The van der Waals surface area contributed by atoms with Crippen LogP contribution in [0.4, 0.5) is 0 Å². The molecule has 0 unspecified atom stereocenters. The van der Waals surface area contributed by atoms with E-state index >= 15 is 0 Å². The van der Waals surface area contributed by atoms with Crippen molar-refractivity contribution in [1.82, 2.24) is 0 Å². The molecule has 0 spiro atoms. The summed E-state index contributed by atoms with van der Waals surface area (Å²) in [5.74, 6) is 0. The van der Waals surface area contributed by atoms with Crippen LogP contribution in [0.1, 0.15) is 19.4 Å². The number of rotatable bonds is 3. The summed E-state index contributed by atoms with van der Waals surface area (Å²) in [5, 5.41) is 3.84. The van der Waals surface area contributed by atoms with E-state index < -0.39 is 0 Å². The van der Waals surface area contributed by atoms with Crippen molar-refractivity contribution in [2.24, 2.45) is 5.16 Å². The Morgan fingerprint density at radius 1 is 1.25 bits per heavy atom. The van der Waals surface area contributed by atoms with Crippen LogP contribution in [0, 0.1) is 0 Å². The molecule has 1 aromatic carbocycles. The highest BCUT2D eigenvalue weighted by atomic mass is 16.6. The van der Waals surface area contributed by atoms with E-state index in [-0.39, 0.29) is 0 Å². The van der Waals surface area contributed by atoms with Crippen molar-refractivity contribution in [3.05, 3.63) is 35.9 Å². The maximum Gasteiger partial charge on any atom is 0.142 e. The van der Waals surface area contributed by atoms with Gasteiger partial charge in [0.2, 0.25) is 0 Å². The van der Waals surface area contributed by atoms with Gasteiger partial charge < -0.3 is 4.84 Å². The first-order chi connectivity index (χ1) is 5.79. The molecule has 12 heavy (non-hydrogen) atoms. The zero-order chi connectivity index (χ0) is 8.81. The first-order valence-electron chi connectivity index (χ1n) is 3.96. The Balaban J connectivity index is 2.39. The molecule has 0 saturated carbocycles. The summed E-state index contributed by atoms with van der Waals surface area (Å²) in [6.45, 7) is 4.36. The first-order valence-corrected chi connectivity index (χ1v) is 3.96. The van der Waals surface area contributed by atoms with Crippen molar-refractivity contribution in [3.8, 4) is 0 Å². The zero-order valence-corrected chi connectivity index (χ0v) is 7.45. The summed E-state index contributed by atoms with van der Waals surface area (Å²) in [7, 11) is 0. The Morgan fingerprint density at radius 2 is 1.92 bits per heavy atom. The van der Waals surface area contributed by atoms with Gasteiger partial charge in [-0.25, -0.2) is 0 Å². The van der Waals surface area contributed by atoms with Crippen LogP contribution in [-0.2, 0) is 11.4 Å². The lowest BCUT2D eigenvalue weighted by Crippen LogP contribution is -1.88. The van der Waals surface area contributed by atoms with E-state index in [4.69, 9.17) is 4.84 Å². The molecule has 0 aliphatic carbocycles. The predicted octanol–water partition coefficient (Wildman–Crippen LogP) is 2.60. The molecule has 0 atom stereocenters. The lowest BCUT2D eigenvalue weighted by Gasteiger charge is -1.98. The molecule has 0 heterocycles. The van der Waals surface area contributed by atoms with Gasteiger partial charge in [-0.1, -0.05) is 35.5 Å². The normalized spacial score (nSPS) is 9.17. The molecule has 1 rings (SSSR count). The second-order valence-electron chi connectivity index (χ2n) is 2.80. The fourth-order valence-corrected chi connectivity index (χ4v) is 0.810. The van der Waals surface area contributed by atoms with Gasteiger partial charge in [0.15, 0.2) is 0 Å². The van der Waals surface area contributed by atoms with E-state index in [0.717, 1.165) is 11.3 Å². The largest absolute Gasteiger partial charge is 0.391 e. The SMILES string of the molecule is C[14C](C)=NOCc1ccccc1. The molecule has 0 aromatic heterocycles. The van der Waals surface area contributed by atoms with E-state index in [0.29, 0.717) is 6.61 Å².